The van der Waals surface area contributed by atoms with Crippen LogP contribution in [0.15, 0.2) is 18.3 Å². The van der Waals surface area contributed by atoms with E-state index in [1.807, 2.05) is 26.0 Å². The Morgan fingerprint density at radius 3 is 2.95 bits per heavy atom. The second kappa shape index (κ2) is 5.88. The van der Waals surface area contributed by atoms with Crippen LogP contribution in [-0.4, -0.2) is 37.1 Å². The molecule has 0 amide bonds. The SMILES string of the molecule is CC(C)Oc1ncccc1CNC1CCS(=O)(=O)C1. The van der Waals surface area contributed by atoms with Crippen molar-refractivity contribution in [1.82, 2.24) is 10.3 Å². The number of nitrogens with zero attached hydrogens (tertiary/aromatic N) is 1. The lowest BCUT2D eigenvalue weighted by Gasteiger charge is -2.15. The minimum Gasteiger partial charge on any atom is -0.475 e. The van der Waals surface area contributed by atoms with Gasteiger partial charge in [-0.05, 0) is 26.3 Å². The van der Waals surface area contributed by atoms with Crippen LogP contribution in [0.4, 0.5) is 0 Å². The maximum atomic E-state index is 11.4. The molecule has 1 fully saturated rings. The van der Waals surface area contributed by atoms with Gasteiger partial charge in [0.1, 0.15) is 0 Å². The zero-order chi connectivity index (χ0) is 13.9. The first-order chi connectivity index (χ1) is 8.96. The molecule has 1 N–H and O–H groups in total. The summed E-state index contributed by atoms with van der Waals surface area (Å²) in [5, 5.41) is 3.27. The van der Waals surface area contributed by atoms with E-state index in [-0.39, 0.29) is 23.7 Å². The van der Waals surface area contributed by atoms with Crippen LogP contribution < -0.4 is 10.1 Å². The van der Waals surface area contributed by atoms with Gasteiger partial charge in [0.05, 0.1) is 17.6 Å². The molecule has 2 rings (SSSR count). The summed E-state index contributed by atoms with van der Waals surface area (Å²) >= 11 is 0. The smallest absolute Gasteiger partial charge is 0.218 e. The molecule has 106 valence electrons. The Morgan fingerprint density at radius 2 is 2.32 bits per heavy atom. The minimum absolute atomic E-state index is 0.0390. The van der Waals surface area contributed by atoms with Crippen molar-refractivity contribution < 1.29 is 13.2 Å². The van der Waals surface area contributed by atoms with Crippen LogP contribution in [0.2, 0.25) is 0 Å². The molecule has 1 saturated heterocycles. The van der Waals surface area contributed by atoms with E-state index in [9.17, 15) is 8.42 Å². The van der Waals surface area contributed by atoms with Gasteiger partial charge in [-0.2, -0.15) is 0 Å². The second-order valence-corrected chi connectivity index (χ2v) is 7.34. The summed E-state index contributed by atoms with van der Waals surface area (Å²) in [6.45, 7) is 4.49. The van der Waals surface area contributed by atoms with Crippen LogP contribution in [0.1, 0.15) is 25.8 Å². The average Bonchev–Trinajstić information content (AvgIpc) is 2.67. The number of rotatable bonds is 5. The molecule has 0 aliphatic carbocycles. The maximum Gasteiger partial charge on any atom is 0.218 e. The van der Waals surface area contributed by atoms with Gasteiger partial charge in [-0.15, -0.1) is 0 Å². The number of sulfone groups is 1. The third-order valence-electron chi connectivity index (χ3n) is 3.01. The molecular formula is C13H20N2O3S. The number of hydrogen-bond acceptors (Lipinski definition) is 5. The third-order valence-corrected chi connectivity index (χ3v) is 4.78. The summed E-state index contributed by atoms with van der Waals surface area (Å²) in [6, 6.07) is 3.84. The Labute approximate surface area is 114 Å². The molecule has 1 atom stereocenters. The molecule has 19 heavy (non-hydrogen) atoms. The molecule has 1 aromatic heterocycles. The predicted octanol–water partition coefficient (Wildman–Crippen LogP) is 1.15. The number of hydrogen-bond donors (Lipinski definition) is 1. The van der Waals surface area contributed by atoms with Gasteiger partial charge in [-0.25, -0.2) is 13.4 Å². The number of pyridine rings is 1. The Morgan fingerprint density at radius 1 is 1.53 bits per heavy atom. The van der Waals surface area contributed by atoms with Crippen LogP contribution in [-0.2, 0) is 16.4 Å². The summed E-state index contributed by atoms with van der Waals surface area (Å²) in [6.07, 6.45) is 2.45. The van der Waals surface area contributed by atoms with Crippen LogP contribution in [0.3, 0.4) is 0 Å². The third kappa shape index (κ3) is 4.18. The van der Waals surface area contributed by atoms with E-state index in [0.29, 0.717) is 18.8 Å². The highest BCUT2D eigenvalue weighted by molar-refractivity contribution is 7.91. The van der Waals surface area contributed by atoms with Crippen molar-refractivity contribution >= 4 is 9.84 Å². The summed E-state index contributed by atoms with van der Waals surface area (Å²) in [4.78, 5) is 4.21. The standard InChI is InChI=1S/C13H20N2O3S/c1-10(2)18-13-11(4-3-6-14-13)8-15-12-5-7-19(16,17)9-12/h3-4,6,10,12,15H,5,7-9H2,1-2H3. The second-order valence-electron chi connectivity index (χ2n) is 5.12. The van der Waals surface area contributed by atoms with E-state index in [1.54, 1.807) is 6.20 Å². The van der Waals surface area contributed by atoms with E-state index in [4.69, 9.17) is 4.74 Å². The highest BCUT2D eigenvalue weighted by atomic mass is 32.2. The van der Waals surface area contributed by atoms with Gasteiger partial charge in [0, 0.05) is 24.3 Å². The fraction of sp³-hybridized carbons (Fsp3) is 0.615. The first-order valence-corrected chi connectivity index (χ1v) is 8.33. The topological polar surface area (TPSA) is 68.3 Å². The van der Waals surface area contributed by atoms with Gasteiger partial charge in [-0.3, -0.25) is 0 Å². The van der Waals surface area contributed by atoms with Crippen molar-refractivity contribution in [2.45, 2.75) is 39.0 Å². The first kappa shape index (κ1) is 14.3. The van der Waals surface area contributed by atoms with Gasteiger partial charge >= 0.3 is 0 Å². The molecule has 0 spiro atoms. The van der Waals surface area contributed by atoms with E-state index < -0.39 is 9.84 Å². The summed E-state index contributed by atoms with van der Waals surface area (Å²) in [7, 11) is -2.84. The highest BCUT2D eigenvalue weighted by Crippen LogP contribution is 2.17. The van der Waals surface area contributed by atoms with Gasteiger partial charge in [0.2, 0.25) is 5.88 Å². The largest absolute Gasteiger partial charge is 0.475 e. The van der Waals surface area contributed by atoms with Crippen LogP contribution >= 0.6 is 0 Å². The van der Waals surface area contributed by atoms with Crippen molar-refractivity contribution in [2.75, 3.05) is 11.5 Å². The van der Waals surface area contributed by atoms with Crippen molar-refractivity contribution in [3.05, 3.63) is 23.9 Å². The molecule has 1 aromatic rings. The fourth-order valence-corrected chi connectivity index (χ4v) is 3.81. The zero-order valence-electron chi connectivity index (χ0n) is 11.3. The molecule has 6 heteroatoms. The molecule has 2 heterocycles. The Kier molecular flexibility index (Phi) is 4.42. The monoisotopic (exact) mass is 284 g/mol. The molecular weight excluding hydrogens is 264 g/mol. The molecule has 0 radical (unpaired) electrons. The normalized spacial score (nSPS) is 21.7. The summed E-state index contributed by atoms with van der Waals surface area (Å²) in [5.41, 5.74) is 0.959. The first-order valence-electron chi connectivity index (χ1n) is 6.50. The lowest BCUT2D eigenvalue weighted by Crippen LogP contribution is -2.29. The van der Waals surface area contributed by atoms with E-state index in [2.05, 4.69) is 10.3 Å². The maximum absolute atomic E-state index is 11.4. The minimum atomic E-state index is -2.84. The summed E-state index contributed by atoms with van der Waals surface area (Å²) < 4.78 is 28.4. The lowest BCUT2D eigenvalue weighted by atomic mass is 10.2. The van der Waals surface area contributed by atoms with E-state index in [1.165, 1.54) is 0 Å². The van der Waals surface area contributed by atoms with Gasteiger partial charge < -0.3 is 10.1 Å². The van der Waals surface area contributed by atoms with Crippen molar-refractivity contribution in [2.24, 2.45) is 0 Å². The molecule has 0 aromatic carbocycles. The molecule has 1 aliphatic rings. The van der Waals surface area contributed by atoms with Gasteiger partial charge in [0.15, 0.2) is 9.84 Å². The lowest BCUT2D eigenvalue weighted by molar-refractivity contribution is 0.229. The number of aromatic nitrogens is 1. The predicted molar refractivity (Wildman–Crippen MR) is 73.9 cm³/mol. The molecule has 0 saturated carbocycles. The van der Waals surface area contributed by atoms with E-state index >= 15 is 0 Å². The fourth-order valence-electron chi connectivity index (χ4n) is 2.10. The molecule has 0 bridgehead atoms. The Hall–Kier alpha value is -1.14. The Balaban J connectivity index is 1.96. The number of nitrogens with one attached hydrogen (secondary N) is 1. The Bertz CT molecular complexity index is 528. The summed E-state index contributed by atoms with van der Waals surface area (Å²) in [5.74, 6) is 1.13. The van der Waals surface area contributed by atoms with Crippen molar-refractivity contribution in [3.63, 3.8) is 0 Å². The van der Waals surface area contributed by atoms with Crippen molar-refractivity contribution in [3.8, 4) is 5.88 Å². The van der Waals surface area contributed by atoms with Crippen LogP contribution in [0, 0.1) is 0 Å². The number of ether oxygens (including phenoxy) is 1. The molecule has 1 aliphatic heterocycles. The van der Waals surface area contributed by atoms with Crippen LogP contribution in [0.5, 0.6) is 5.88 Å². The highest BCUT2D eigenvalue weighted by Gasteiger charge is 2.27. The quantitative estimate of drug-likeness (QED) is 0.878. The van der Waals surface area contributed by atoms with Gasteiger partial charge in [0.25, 0.3) is 0 Å². The zero-order valence-corrected chi connectivity index (χ0v) is 12.1. The average molecular weight is 284 g/mol. The van der Waals surface area contributed by atoms with E-state index in [0.717, 1.165) is 5.56 Å². The molecule has 5 nitrogen and oxygen atoms in total. The van der Waals surface area contributed by atoms with Crippen LogP contribution in [0.25, 0.3) is 0 Å². The van der Waals surface area contributed by atoms with Crippen molar-refractivity contribution in [1.29, 1.82) is 0 Å². The van der Waals surface area contributed by atoms with Gasteiger partial charge in [-0.1, -0.05) is 6.07 Å². The molecule has 1 unspecified atom stereocenters.